The molecule has 2 nitrogen and oxygen atoms in total. The van der Waals surface area contributed by atoms with Crippen molar-refractivity contribution in [3.8, 4) is 0 Å². The maximum absolute atomic E-state index is 5.56. The molecule has 0 radical (unpaired) electrons. The summed E-state index contributed by atoms with van der Waals surface area (Å²) in [6, 6.07) is 9.30. The molecule has 0 bridgehead atoms. The van der Waals surface area contributed by atoms with Crippen molar-refractivity contribution in [2.24, 2.45) is 0 Å². The van der Waals surface area contributed by atoms with E-state index in [1.807, 2.05) is 11.8 Å². The first-order chi connectivity index (χ1) is 8.77. The van der Waals surface area contributed by atoms with Crippen LogP contribution in [0, 0.1) is 0 Å². The maximum atomic E-state index is 5.56. The molecule has 2 rings (SSSR count). The molecule has 18 heavy (non-hydrogen) atoms. The van der Waals surface area contributed by atoms with Gasteiger partial charge in [-0.1, -0.05) is 24.3 Å². The van der Waals surface area contributed by atoms with E-state index in [1.165, 1.54) is 16.9 Å². The molecule has 3 heteroatoms. The van der Waals surface area contributed by atoms with Gasteiger partial charge in [-0.25, -0.2) is 0 Å². The molecule has 1 atom stereocenters. The summed E-state index contributed by atoms with van der Waals surface area (Å²) >= 11 is 2.02. The van der Waals surface area contributed by atoms with Crippen LogP contribution in [0.5, 0.6) is 0 Å². The predicted molar refractivity (Wildman–Crippen MR) is 79.1 cm³/mol. The number of benzene rings is 1. The average molecular weight is 265 g/mol. The van der Waals surface area contributed by atoms with Crippen LogP contribution in [-0.2, 0) is 10.5 Å². The van der Waals surface area contributed by atoms with Crippen LogP contribution in [-0.4, -0.2) is 25.0 Å². The molecule has 1 aliphatic heterocycles. The Bertz CT molecular complexity index is 367. The van der Waals surface area contributed by atoms with Crippen LogP contribution < -0.4 is 5.32 Å². The topological polar surface area (TPSA) is 21.3 Å². The van der Waals surface area contributed by atoms with Crippen LogP contribution in [0.15, 0.2) is 24.3 Å². The molecular formula is C15H23NOS. The first kappa shape index (κ1) is 13.9. The van der Waals surface area contributed by atoms with Crippen molar-refractivity contribution in [1.82, 2.24) is 5.32 Å². The minimum absolute atomic E-state index is 0.343. The van der Waals surface area contributed by atoms with Gasteiger partial charge in [0.25, 0.3) is 0 Å². The third kappa shape index (κ3) is 4.01. The van der Waals surface area contributed by atoms with Crippen molar-refractivity contribution >= 4 is 11.8 Å². The zero-order valence-electron chi connectivity index (χ0n) is 11.3. The third-order valence-corrected chi connectivity index (χ3v) is 4.22. The molecule has 100 valence electrons. The summed E-state index contributed by atoms with van der Waals surface area (Å²) in [5.41, 5.74) is 2.98. The summed E-state index contributed by atoms with van der Waals surface area (Å²) in [6.07, 6.45) is 1.43. The summed E-state index contributed by atoms with van der Waals surface area (Å²) in [4.78, 5) is 0. The van der Waals surface area contributed by atoms with Gasteiger partial charge in [-0.15, -0.1) is 0 Å². The molecule has 0 aliphatic carbocycles. The van der Waals surface area contributed by atoms with Gasteiger partial charge in [0.1, 0.15) is 0 Å². The minimum Gasteiger partial charge on any atom is -0.379 e. The van der Waals surface area contributed by atoms with Crippen molar-refractivity contribution in [3.63, 3.8) is 0 Å². The highest BCUT2D eigenvalue weighted by Crippen LogP contribution is 2.31. The van der Waals surface area contributed by atoms with Crippen LogP contribution in [0.1, 0.15) is 37.4 Å². The van der Waals surface area contributed by atoms with Gasteiger partial charge in [0.2, 0.25) is 0 Å². The first-order valence-corrected chi connectivity index (χ1v) is 7.93. The van der Waals surface area contributed by atoms with Gasteiger partial charge < -0.3 is 10.1 Å². The smallest absolute Gasteiger partial charge is 0.0518 e. The second-order valence-electron chi connectivity index (χ2n) is 4.99. The zero-order chi connectivity index (χ0) is 12.8. The lowest BCUT2D eigenvalue weighted by Crippen LogP contribution is -2.28. The Morgan fingerprint density at radius 2 is 2.22 bits per heavy atom. The summed E-state index contributed by atoms with van der Waals surface area (Å²) in [5.74, 6) is 2.34. The molecule has 0 amide bonds. The molecule has 0 saturated heterocycles. The number of nitrogens with one attached hydrogen (secondary N) is 1. The maximum Gasteiger partial charge on any atom is 0.0518 e. The van der Waals surface area contributed by atoms with E-state index in [2.05, 4.69) is 43.4 Å². The van der Waals surface area contributed by atoms with Crippen molar-refractivity contribution in [3.05, 3.63) is 35.4 Å². The number of fused-ring (bicyclic) bond motifs is 1. The van der Waals surface area contributed by atoms with E-state index >= 15 is 0 Å². The largest absolute Gasteiger partial charge is 0.379 e. The number of ether oxygens (including phenoxy) is 1. The van der Waals surface area contributed by atoms with E-state index in [-0.39, 0.29) is 0 Å². The van der Waals surface area contributed by atoms with Crippen LogP contribution in [0.2, 0.25) is 0 Å². The van der Waals surface area contributed by atoms with Crippen LogP contribution in [0.3, 0.4) is 0 Å². The van der Waals surface area contributed by atoms with Gasteiger partial charge in [-0.05, 0) is 37.9 Å². The quantitative estimate of drug-likeness (QED) is 0.797. The highest BCUT2D eigenvalue weighted by molar-refractivity contribution is 7.98. The second kappa shape index (κ2) is 7.17. The normalized spacial score (nSPS) is 18.9. The van der Waals surface area contributed by atoms with E-state index in [9.17, 15) is 0 Å². The SMILES string of the molecule is CC(C)OCCCNC1CSCc2ccccc21. The van der Waals surface area contributed by atoms with E-state index < -0.39 is 0 Å². The van der Waals surface area contributed by atoms with Crippen molar-refractivity contribution in [1.29, 1.82) is 0 Å². The second-order valence-corrected chi connectivity index (χ2v) is 6.02. The Balaban J connectivity index is 1.77. The lowest BCUT2D eigenvalue weighted by molar-refractivity contribution is 0.0768. The molecule has 1 N–H and O–H groups in total. The molecule has 1 unspecified atom stereocenters. The Hall–Kier alpha value is -0.510. The van der Waals surface area contributed by atoms with E-state index in [4.69, 9.17) is 4.74 Å². The molecule has 0 saturated carbocycles. The fourth-order valence-corrected chi connectivity index (χ4v) is 3.35. The van der Waals surface area contributed by atoms with Crippen molar-refractivity contribution in [2.45, 2.75) is 38.2 Å². The molecule has 1 aromatic rings. The summed E-state index contributed by atoms with van der Waals surface area (Å²) in [6.45, 7) is 6.06. The number of hydrogen-bond donors (Lipinski definition) is 1. The Morgan fingerprint density at radius 1 is 1.39 bits per heavy atom. The predicted octanol–water partition coefficient (Wildman–Crippen LogP) is 3.38. The molecular weight excluding hydrogens is 242 g/mol. The third-order valence-electron chi connectivity index (χ3n) is 3.14. The monoisotopic (exact) mass is 265 g/mol. The lowest BCUT2D eigenvalue weighted by Gasteiger charge is -2.26. The van der Waals surface area contributed by atoms with Gasteiger partial charge in [-0.3, -0.25) is 0 Å². The Morgan fingerprint density at radius 3 is 3.06 bits per heavy atom. The van der Waals surface area contributed by atoms with Crippen LogP contribution in [0.25, 0.3) is 0 Å². The van der Waals surface area contributed by atoms with Gasteiger partial charge in [-0.2, -0.15) is 11.8 Å². The Labute approximate surface area is 114 Å². The zero-order valence-corrected chi connectivity index (χ0v) is 12.1. The van der Waals surface area contributed by atoms with Crippen LogP contribution >= 0.6 is 11.8 Å². The Kier molecular flexibility index (Phi) is 5.54. The number of rotatable bonds is 6. The standard InChI is InChI=1S/C15H23NOS/c1-12(2)17-9-5-8-16-15-11-18-10-13-6-3-4-7-14(13)15/h3-4,6-7,12,15-16H,5,8-11H2,1-2H3. The molecule has 1 heterocycles. The van der Waals surface area contributed by atoms with Crippen LogP contribution in [0.4, 0.5) is 0 Å². The van der Waals surface area contributed by atoms with E-state index in [0.29, 0.717) is 12.1 Å². The summed E-state index contributed by atoms with van der Waals surface area (Å²) in [5, 5.41) is 3.65. The van der Waals surface area contributed by atoms with Gasteiger partial charge in [0.05, 0.1) is 6.10 Å². The van der Waals surface area contributed by atoms with Crippen molar-refractivity contribution in [2.75, 3.05) is 18.9 Å². The highest BCUT2D eigenvalue weighted by atomic mass is 32.2. The van der Waals surface area contributed by atoms with Gasteiger partial charge in [0, 0.05) is 24.2 Å². The molecule has 0 spiro atoms. The number of thioether (sulfide) groups is 1. The first-order valence-electron chi connectivity index (χ1n) is 6.78. The molecule has 0 aromatic heterocycles. The fraction of sp³-hybridized carbons (Fsp3) is 0.600. The van der Waals surface area contributed by atoms with Gasteiger partial charge >= 0.3 is 0 Å². The molecule has 0 fully saturated rings. The lowest BCUT2D eigenvalue weighted by atomic mass is 10.0. The van der Waals surface area contributed by atoms with Crippen molar-refractivity contribution < 1.29 is 4.74 Å². The minimum atomic E-state index is 0.343. The summed E-state index contributed by atoms with van der Waals surface area (Å²) in [7, 11) is 0. The van der Waals surface area contributed by atoms with Gasteiger partial charge in [0.15, 0.2) is 0 Å². The average Bonchev–Trinajstić information content (AvgIpc) is 2.38. The fourth-order valence-electron chi connectivity index (χ4n) is 2.22. The van der Waals surface area contributed by atoms with E-state index in [1.54, 1.807) is 0 Å². The highest BCUT2D eigenvalue weighted by Gasteiger charge is 2.18. The summed E-state index contributed by atoms with van der Waals surface area (Å²) < 4.78 is 5.56. The molecule has 1 aromatic carbocycles. The molecule has 1 aliphatic rings. The van der Waals surface area contributed by atoms with E-state index in [0.717, 1.165) is 25.3 Å². The number of hydrogen-bond acceptors (Lipinski definition) is 3.